The number of amides is 1. The van der Waals surface area contributed by atoms with Crippen LogP contribution >= 0.6 is 94.1 Å². The van der Waals surface area contributed by atoms with Gasteiger partial charge < -0.3 is 95.1 Å². The normalized spacial score (nSPS) is 19.3. The molecule has 12 aromatic rings. The summed E-state index contributed by atoms with van der Waals surface area (Å²) < 4.78 is 27.5. The minimum atomic E-state index is -0.493. The number of carbonyl (C=O) groups is 1. The number of hydrogen-bond acceptors (Lipinski definition) is 28. The summed E-state index contributed by atoms with van der Waals surface area (Å²) in [6.07, 6.45) is 9.99. The number of rotatable bonds is 15. The molecule has 1 saturated carbocycles. The van der Waals surface area contributed by atoms with Gasteiger partial charge in [0.25, 0.3) is 0 Å². The van der Waals surface area contributed by atoms with Crippen molar-refractivity contribution in [1.29, 1.82) is 0 Å². The lowest BCUT2D eigenvalue weighted by Gasteiger charge is -2.31. The van der Waals surface area contributed by atoms with E-state index in [2.05, 4.69) is 217 Å². The molecule has 4 aromatic heterocycles. The average molecular weight is 2030 g/mol. The summed E-state index contributed by atoms with van der Waals surface area (Å²) in [5.41, 5.74) is 20.8. The minimum Gasteiger partial charge on any atom is -0.444 e. The van der Waals surface area contributed by atoms with Crippen molar-refractivity contribution in [1.82, 2.24) is 35.1 Å². The van der Waals surface area contributed by atoms with E-state index in [1.807, 2.05) is 62.5 Å². The van der Waals surface area contributed by atoms with Crippen LogP contribution in [0.4, 0.5) is 50.3 Å². The molecule has 0 spiro atoms. The number of nitrogen functional groups attached to an aromatic ring is 1. The van der Waals surface area contributed by atoms with Crippen molar-refractivity contribution in [2.45, 2.75) is 180 Å². The molecule has 3 unspecified atom stereocenters. The number of nitrogens with zero attached hydrogens (tertiary/aromatic N) is 6. The molecule has 140 heavy (non-hydrogen) atoms. The zero-order chi connectivity index (χ0) is 95.3. The standard InChI is InChI=1S/C31H36N4O2S2.C30H34N4O4S2.C25H26N4O2S2.C21H19N3O2S2/c36-30-19-24(34-13-15-37-16-14-34)18-26(33-30)25-7-4-8-28-31(25)39-27-10-9-21(17-29(27)38-28)32-22-11-12-35(20-22)23-5-2-1-3-6-23;1-30(2,3)38-29(36)34-10-9-20(18-34)31-19-7-8-24-26(15-19)39-25-6-4-5-22(28(25)40-24)23-16-21(17-27(35)32-23)33-11-13-37-14-12-33;30-24-14-18(29-8-10-31-11-9-29)13-20(28-24)19-2-1-3-22-25(19)33-21-5-4-16(12-23(21)32-22)27-17-6-7-26-15-17;22-13-4-5-17-19(10-13)27-18-3-1-2-15(21(18)28-17)16-11-14(12-20(25)23-16)24-6-8-26-9-7-24/h4,7-10,17-19,22-23,32H,1-3,5-6,11-16,20H2,(H,33,36);4-8,15-17,20,31H,9-14,18H2,1-3H3,(H,32,35);1-5,12-14,17,26-27H,6-11,15H2,(H,28,30);1-5,10-12H,6-9,22H2,(H,23,25). The van der Waals surface area contributed by atoms with Crippen LogP contribution in [0.5, 0.6) is 0 Å². The van der Waals surface area contributed by atoms with E-state index in [1.165, 1.54) is 130 Å². The lowest BCUT2D eigenvalue weighted by Crippen LogP contribution is -2.36. The number of carbonyl (C=O) groups excluding carboxylic acids is 1. The largest absolute Gasteiger partial charge is 0.444 e. The van der Waals surface area contributed by atoms with Crippen LogP contribution in [-0.2, 0) is 23.7 Å². The summed E-state index contributed by atoms with van der Waals surface area (Å²) in [4.78, 5) is 108. The van der Waals surface area contributed by atoms with Crippen molar-refractivity contribution in [3.8, 4) is 45.0 Å². The first kappa shape index (κ1) is 95.9. The van der Waals surface area contributed by atoms with Gasteiger partial charge in [-0.3, -0.25) is 24.1 Å². The van der Waals surface area contributed by atoms with Crippen LogP contribution in [0.2, 0.25) is 0 Å². The number of pyridine rings is 4. The highest BCUT2D eigenvalue weighted by Gasteiger charge is 2.35. The van der Waals surface area contributed by atoms with Gasteiger partial charge in [0.05, 0.1) is 75.6 Å². The highest BCUT2D eigenvalue weighted by Crippen LogP contribution is 2.57. The van der Waals surface area contributed by atoms with Crippen LogP contribution in [0.25, 0.3) is 45.0 Å². The molecule has 12 aliphatic rings. The highest BCUT2D eigenvalue weighted by atomic mass is 32.2. The second-order valence-corrected chi connectivity index (χ2v) is 46.3. The number of anilines is 8. The molecule has 8 fully saturated rings. The van der Waals surface area contributed by atoms with Gasteiger partial charge in [0.1, 0.15) is 5.60 Å². The molecule has 15 heterocycles. The minimum absolute atomic E-state index is 0.0647. The molecular formula is C107H115N15O10S8. The fourth-order valence-corrected chi connectivity index (χ4v) is 29.5. The van der Waals surface area contributed by atoms with Gasteiger partial charge in [-0.25, -0.2) is 4.79 Å². The smallest absolute Gasteiger partial charge is 0.410 e. The predicted octanol–water partition coefficient (Wildman–Crippen LogP) is 20.6. The van der Waals surface area contributed by atoms with Crippen LogP contribution in [0, 0.1) is 0 Å². The van der Waals surface area contributed by atoms with Gasteiger partial charge in [0.15, 0.2) is 0 Å². The Morgan fingerprint density at radius 1 is 0.357 bits per heavy atom. The lowest BCUT2D eigenvalue weighted by molar-refractivity contribution is 0.0293. The van der Waals surface area contributed by atoms with E-state index >= 15 is 0 Å². The maximum Gasteiger partial charge on any atom is 0.410 e. The van der Waals surface area contributed by atoms with Crippen LogP contribution in [0.15, 0.2) is 292 Å². The van der Waals surface area contributed by atoms with E-state index in [4.69, 9.17) is 29.4 Å². The molecule has 3 atom stereocenters. The monoisotopic (exact) mass is 2030 g/mol. The molecular weight excluding hydrogens is 1910 g/mol. The van der Waals surface area contributed by atoms with Crippen molar-refractivity contribution >= 4 is 146 Å². The lowest BCUT2D eigenvalue weighted by atomic mass is 9.94. The second-order valence-electron chi connectivity index (χ2n) is 37.7. The number of aromatic nitrogens is 4. The number of morpholine rings is 4. The van der Waals surface area contributed by atoms with Gasteiger partial charge in [0.2, 0.25) is 22.2 Å². The fourth-order valence-electron chi connectivity index (χ4n) is 19.8. The Labute approximate surface area is 849 Å². The fraction of sp³-hybridized carbons (Fsp3) is 0.355. The van der Waals surface area contributed by atoms with Crippen LogP contribution < -0.4 is 68.8 Å². The first-order valence-electron chi connectivity index (χ1n) is 48.6. The molecule has 11 aliphatic heterocycles. The molecule has 0 radical (unpaired) electrons. The SMILES string of the molecule is CC(C)(C)OC(=O)N1CCC(Nc2ccc3c(c2)Sc2cccc(-c4cc(N5CCOCC5)cc(=O)[nH]4)c2S3)C1.Nc1ccc2c(c1)Sc1cccc(-c3cc(N4CCOCC4)cc(=O)[nH]3)c1S2.O=c1cc(N2CCOCC2)cc(-c2cccc3c2Sc2ccc(NC4CCN(C5CCCCC5)C4)cc2S3)[nH]1.O=c1cc(N2CCOCC2)cc(-c2cccc3c2Sc2ccc(NC4CCNC4)cc2S3)[nH]1. The predicted molar refractivity (Wildman–Crippen MR) is 570 cm³/mol. The van der Waals surface area contributed by atoms with Crippen LogP contribution in [-0.4, -0.2) is 210 Å². The first-order chi connectivity index (χ1) is 68.3. The molecule has 0 bridgehead atoms. The van der Waals surface area contributed by atoms with Crippen molar-refractivity contribution < 1.29 is 28.5 Å². The number of nitrogens with two attached hydrogens (primary N) is 1. The number of likely N-dealkylation sites (tertiary alicyclic amines) is 2. The van der Waals surface area contributed by atoms with Crippen LogP contribution in [0.3, 0.4) is 0 Å². The molecule has 1 aliphatic carbocycles. The Morgan fingerprint density at radius 3 is 1.06 bits per heavy atom. The summed E-state index contributed by atoms with van der Waals surface area (Å²) in [6, 6.07) is 68.4. The maximum absolute atomic E-state index is 12.6. The van der Waals surface area contributed by atoms with Gasteiger partial charge in [-0.15, -0.1) is 0 Å². The molecule has 8 aromatic carbocycles. The number of H-pyrrole nitrogens is 4. The van der Waals surface area contributed by atoms with Crippen LogP contribution in [0.1, 0.15) is 72.1 Å². The number of ether oxygens (including phenoxy) is 5. The quantitative estimate of drug-likeness (QED) is 0.0431. The number of benzene rings is 8. The summed E-state index contributed by atoms with van der Waals surface area (Å²) in [6.45, 7) is 23.4. The zero-order valence-corrected chi connectivity index (χ0v) is 85.1. The Morgan fingerprint density at radius 2 is 0.700 bits per heavy atom. The van der Waals surface area contributed by atoms with E-state index < -0.39 is 5.60 Å². The van der Waals surface area contributed by atoms with Gasteiger partial charge in [-0.05, 0) is 181 Å². The maximum atomic E-state index is 12.6. The van der Waals surface area contributed by atoms with Gasteiger partial charge in [0, 0.05) is 280 Å². The molecule has 24 rings (SSSR count). The summed E-state index contributed by atoms with van der Waals surface area (Å²) in [5, 5.41) is 14.5. The average Bonchev–Trinajstić information content (AvgIpc) is 0.926. The van der Waals surface area contributed by atoms with E-state index in [0.717, 1.165) is 175 Å². The Bertz CT molecular complexity index is 6820. The number of fused-ring (bicyclic) bond motifs is 8. The number of hydrogen-bond donors (Lipinski definition) is 9. The van der Waals surface area contributed by atoms with Crippen molar-refractivity contribution in [2.75, 3.05) is 186 Å². The van der Waals surface area contributed by atoms with Gasteiger partial charge >= 0.3 is 6.09 Å². The molecule has 1 amide bonds. The summed E-state index contributed by atoms with van der Waals surface area (Å²) >= 11 is 14.2. The third kappa shape index (κ3) is 22.9. The third-order valence-electron chi connectivity index (χ3n) is 26.7. The van der Waals surface area contributed by atoms with E-state index in [1.54, 1.807) is 99.7 Å². The van der Waals surface area contributed by atoms with Gasteiger partial charge in [-0.2, -0.15) is 0 Å². The Kier molecular flexibility index (Phi) is 29.8. The van der Waals surface area contributed by atoms with Gasteiger partial charge in [-0.1, -0.05) is 162 Å². The second kappa shape index (κ2) is 43.5. The van der Waals surface area contributed by atoms with Crippen molar-refractivity contribution in [2.24, 2.45) is 0 Å². The summed E-state index contributed by atoms with van der Waals surface area (Å²) in [7, 11) is 0. The first-order valence-corrected chi connectivity index (χ1v) is 55.1. The highest BCUT2D eigenvalue weighted by molar-refractivity contribution is 8.06. The summed E-state index contributed by atoms with van der Waals surface area (Å²) in [5.74, 6) is 0. The number of aromatic amines is 4. The molecule has 7 saturated heterocycles. The molecule has 33 heteroatoms. The van der Waals surface area contributed by atoms with E-state index in [0.29, 0.717) is 78.0 Å². The molecule has 25 nitrogen and oxygen atoms in total. The molecule has 726 valence electrons. The molecule has 10 N–H and O–H groups in total. The van der Waals surface area contributed by atoms with Crippen molar-refractivity contribution in [3.05, 3.63) is 236 Å². The topological polar surface area (TPSA) is 288 Å². The van der Waals surface area contributed by atoms with E-state index in [9.17, 15) is 24.0 Å². The third-order valence-corrected chi connectivity index (χ3v) is 37.1. The Hall–Kier alpha value is -10.2. The zero-order valence-electron chi connectivity index (χ0n) is 78.6. The Balaban J connectivity index is 0.000000112. The van der Waals surface area contributed by atoms with Crippen molar-refractivity contribution in [3.63, 3.8) is 0 Å². The number of nitrogens with one attached hydrogen (secondary N) is 8. The van der Waals surface area contributed by atoms with E-state index in [-0.39, 0.29) is 34.4 Å².